The Morgan fingerprint density at radius 1 is 1.33 bits per heavy atom. The van der Waals surface area contributed by atoms with Crippen molar-refractivity contribution >= 4 is 33.1 Å². The molecule has 1 aromatic heterocycles. The van der Waals surface area contributed by atoms with Gasteiger partial charge in [0.15, 0.2) is 5.79 Å². The number of nitrogens with one attached hydrogen (secondary N) is 1. The number of anilines is 1. The van der Waals surface area contributed by atoms with Crippen LogP contribution in [0.15, 0.2) is 29.6 Å². The van der Waals surface area contributed by atoms with Gasteiger partial charge in [-0.3, -0.25) is 0 Å². The van der Waals surface area contributed by atoms with E-state index in [0.717, 1.165) is 35.2 Å². The second-order valence-electron chi connectivity index (χ2n) is 6.57. The van der Waals surface area contributed by atoms with E-state index in [-0.39, 0.29) is 11.9 Å². The largest absolute Gasteiger partial charge is 0.347 e. The highest BCUT2D eigenvalue weighted by Gasteiger charge is 2.42. The van der Waals surface area contributed by atoms with Crippen molar-refractivity contribution in [3.8, 4) is 0 Å². The van der Waals surface area contributed by atoms with Crippen molar-refractivity contribution in [1.82, 2.24) is 4.90 Å². The molecule has 0 aliphatic carbocycles. The van der Waals surface area contributed by atoms with Gasteiger partial charge in [0.25, 0.3) is 0 Å². The van der Waals surface area contributed by atoms with Crippen molar-refractivity contribution in [1.29, 1.82) is 0 Å². The number of carbonyl (C=O) groups is 1. The summed E-state index contributed by atoms with van der Waals surface area (Å²) in [7, 11) is 0. The summed E-state index contributed by atoms with van der Waals surface area (Å²) in [4.78, 5) is 14.6. The number of hydrogen-bond donors (Lipinski definition) is 1. The number of benzene rings is 1. The average Bonchev–Trinajstić information content (AvgIpc) is 3.25. The standard InChI is InChI=1S/C18H22N2O3S/c1-18(22-9-10-23-18)14-5-3-8-20(12-14)17(21)19-15-6-2-4-13-7-11-24-16(13)15/h2,4,6-7,11,14H,3,5,8-10,12H2,1H3,(H,19,21). The first kappa shape index (κ1) is 15.9. The molecule has 0 spiro atoms. The Balaban J connectivity index is 1.47. The maximum atomic E-state index is 12.7. The molecular formula is C18H22N2O3S. The number of piperidine rings is 1. The summed E-state index contributed by atoms with van der Waals surface area (Å²) in [5.41, 5.74) is 0.884. The van der Waals surface area contributed by atoms with Crippen LogP contribution >= 0.6 is 11.3 Å². The monoisotopic (exact) mass is 346 g/mol. The van der Waals surface area contributed by atoms with Crippen LogP contribution in [0.2, 0.25) is 0 Å². The minimum Gasteiger partial charge on any atom is -0.347 e. The molecule has 128 valence electrons. The van der Waals surface area contributed by atoms with Crippen LogP contribution in [0.3, 0.4) is 0 Å². The number of fused-ring (bicyclic) bond motifs is 1. The van der Waals surface area contributed by atoms with Crippen LogP contribution < -0.4 is 5.32 Å². The van der Waals surface area contributed by atoms with Gasteiger partial charge in [-0.25, -0.2) is 4.79 Å². The molecule has 4 rings (SSSR count). The second-order valence-corrected chi connectivity index (χ2v) is 7.49. The molecular weight excluding hydrogens is 324 g/mol. The topological polar surface area (TPSA) is 50.8 Å². The summed E-state index contributed by atoms with van der Waals surface area (Å²) in [6.45, 7) is 4.72. The summed E-state index contributed by atoms with van der Waals surface area (Å²) >= 11 is 1.65. The number of rotatable bonds is 2. The zero-order chi connectivity index (χ0) is 16.6. The summed E-state index contributed by atoms with van der Waals surface area (Å²) in [6, 6.07) is 8.03. The minimum absolute atomic E-state index is 0.0396. The molecule has 6 heteroatoms. The van der Waals surface area contributed by atoms with Crippen molar-refractivity contribution < 1.29 is 14.3 Å². The van der Waals surface area contributed by atoms with E-state index >= 15 is 0 Å². The highest BCUT2D eigenvalue weighted by Crippen LogP contribution is 2.34. The minimum atomic E-state index is -0.549. The highest BCUT2D eigenvalue weighted by atomic mass is 32.1. The van der Waals surface area contributed by atoms with Crippen LogP contribution in [0.1, 0.15) is 19.8 Å². The lowest BCUT2D eigenvalue weighted by Crippen LogP contribution is -2.49. The molecule has 2 saturated heterocycles. The Morgan fingerprint density at radius 2 is 2.17 bits per heavy atom. The van der Waals surface area contributed by atoms with Gasteiger partial charge < -0.3 is 19.7 Å². The molecule has 1 unspecified atom stereocenters. The fraction of sp³-hybridized carbons (Fsp3) is 0.500. The van der Waals surface area contributed by atoms with E-state index in [0.29, 0.717) is 19.8 Å². The predicted molar refractivity (Wildman–Crippen MR) is 95.4 cm³/mol. The van der Waals surface area contributed by atoms with E-state index in [1.807, 2.05) is 29.3 Å². The van der Waals surface area contributed by atoms with Crippen LogP contribution in [-0.4, -0.2) is 43.0 Å². The molecule has 1 aromatic carbocycles. The molecule has 2 aliphatic heterocycles. The van der Waals surface area contributed by atoms with Crippen molar-refractivity contribution in [3.63, 3.8) is 0 Å². The Morgan fingerprint density at radius 3 is 3.00 bits per heavy atom. The number of amides is 2. The Hall–Kier alpha value is -1.63. The highest BCUT2D eigenvalue weighted by molar-refractivity contribution is 7.17. The molecule has 0 bridgehead atoms. The van der Waals surface area contributed by atoms with Gasteiger partial charge in [0.1, 0.15) is 0 Å². The first-order chi connectivity index (χ1) is 11.7. The second kappa shape index (κ2) is 6.35. The van der Waals surface area contributed by atoms with Gasteiger partial charge in [0.05, 0.1) is 23.6 Å². The van der Waals surface area contributed by atoms with Gasteiger partial charge in [-0.05, 0) is 42.7 Å². The molecule has 2 fully saturated rings. The number of nitrogens with zero attached hydrogens (tertiary/aromatic N) is 1. The Bertz CT molecular complexity index is 739. The SMILES string of the molecule is CC1(C2CCCN(C(=O)Nc3cccc4ccsc34)C2)OCCO1. The number of thiophene rings is 1. The van der Waals surface area contributed by atoms with Gasteiger partial charge in [-0.15, -0.1) is 11.3 Å². The molecule has 1 atom stereocenters. The molecule has 1 N–H and O–H groups in total. The van der Waals surface area contributed by atoms with Gasteiger partial charge >= 0.3 is 6.03 Å². The van der Waals surface area contributed by atoms with E-state index < -0.39 is 5.79 Å². The maximum absolute atomic E-state index is 12.7. The van der Waals surface area contributed by atoms with Crippen molar-refractivity contribution in [3.05, 3.63) is 29.6 Å². The first-order valence-corrected chi connectivity index (χ1v) is 9.34. The van der Waals surface area contributed by atoms with Crippen LogP contribution in [-0.2, 0) is 9.47 Å². The van der Waals surface area contributed by atoms with Gasteiger partial charge in [-0.1, -0.05) is 12.1 Å². The lowest BCUT2D eigenvalue weighted by atomic mass is 9.90. The summed E-state index contributed by atoms with van der Waals surface area (Å²) < 4.78 is 12.7. The maximum Gasteiger partial charge on any atom is 0.321 e. The zero-order valence-corrected chi connectivity index (χ0v) is 14.6. The van der Waals surface area contributed by atoms with Crippen LogP contribution in [0.25, 0.3) is 10.1 Å². The third kappa shape index (κ3) is 2.90. The number of hydrogen-bond acceptors (Lipinski definition) is 4. The molecule has 3 heterocycles. The number of ether oxygens (including phenoxy) is 2. The van der Waals surface area contributed by atoms with Crippen LogP contribution in [0.4, 0.5) is 10.5 Å². The molecule has 5 nitrogen and oxygen atoms in total. The number of urea groups is 1. The van der Waals surface area contributed by atoms with E-state index in [1.54, 1.807) is 11.3 Å². The zero-order valence-electron chi connectivity index (χ0n) is 13.8. The van der Waals surface area contributed by atoms with Crippen molar-refractivity contribution in [2.45, 2.75) is 25.6 Å². The molecule has 2 aromatic rings. The fourth-order valence-corrected chi connectivity index (χ4v) is 4.51. The van der Waals surface area contributed by atoms with E-state index in [4.69, 9.17) is 9.47 Å². The molecule has 2 amide bonds. The quantitative estimate of drug-likeness (QED) is 0.897. The van der Waals surface area contributed by atoms with Gasteiger partial charge in [0.2, 0.25) is 0 Å². The lowest BCUT2D eigenvalue weighted by molar-refractivity contribution is -0.189. The smallest absolute Gasteiger partial charge is 0.321 e. The summed E-state index contributed by atoms with van der Waals surface area (Å²) in [6.07, 6.45) is 2.00. The Kier molecular flexibility index (Phi) is 4.20. The van der Waals surface area contributed by atoms with Crippen molar-refractivity contribution in [2.24, 2.45) is 5.92 Å². The van der Waals surface area contributed by atoms with Gasteiger partial charge in [-0.2, -0.15) is 0 Å². The number of likely N-dealkylation sites (tertiary alicyclic amines) is 1. The normalized spacial score (nSPS) is 23.5. The van der Waals surface area contributed by atoms with E-state index in [9.17, 15) is 4.79 Å². The Labute approximate surface area is 145 Å². The van der Waals surface area contributed by atoms with Crippen LogP contribution in [0, 0.1) is 5.92 Å². The summed E-state index contributed by atoms with van der Waals surface area (Å²) in [5, 5.41) is 6.29. The third-order valence-electron chi connectivity index (χ3n) is 5.03. The average molecular weight is 346 g/mol. The molecule has 0 saturated carbocycles. The van der Waals surface area contributed by atoms with Gasteiger partial charge in [0, 0.05) is 19.0 Å². The molecule has 0 radical (unpaired) electrons. The third-order valence-corrected chi connectivity index (χ3v) is 5.99. The first-order valence-electron chi connectivity index (χ1n) is 8.46. The fourth-order valence-electron chi connectivity index (χ4n) is 3.64. The van der Waals surface area contributed by atoms with Crippen LogP contribution in [0.5, 0.6) is 0 Å². The van der Waals surface area contributed by atoms with Crippen molar-refractivity contribution in [2.75, 3.05) is 31.6 Å². The molecule has 24 heavy (non-hydrogen) atoms. The predicted octanol–water partition coefficient (Wildman–Crippen LogP) is 3.91. The van der Waals surface area contributed by atoms with E-state index in [1.165, 1.54) is 0 Å². The number of carbonyl (C=O) groups excluding carboxylic acids is 1. The lowest BCUT2D eigenvalue weighted by Gasteiger charge is -2.39. The molecule has 2 aliphatic rings. The summed E-state index contributed by atoms with van der Waals surface area (Å²) in [5.74, 6) is -0.329. The van der Waals surface area contributed by atoms with E-state index in [2.05, 4.69) is 17.4 Å².